The average molecular weight is 338 g/mol. The van der Waals surface area contributed by atoms with Gasteiger partial charge in [-0.15, -0.1) is 0 Å². The summed E-state index contributed by atoms with van der Waals surface area (Å²) < 4.78 is 16.5. The number of rotatable bonds is 3. The quantitative estimate of drug-likeness (QED) is 0.863. The highest BCUT2D eigenvalue weighted by Gasteiger charge is 2.43. The van der Waals surface area contributed by atoms with E-state index in [2.05, 4.69) is 10.3 Å². The molecule has 1 N–H and O–H groups in total. The molecule has 2 aromatic rings. The first kappa shape index (κ1) is 16.5. The molecule has 0 saturated carbocycles. The van der Waals surface area contributed by atoms with Crippen molar-refractivity contribution < 1.29 is 9.18 Å². The topological polar surface area (TPSA) is 97.7 Å². The van der Waals surface area contributed by atoms with Crippen LogP contribution in [0.1, 0.15) is 18.4 Å². The number of likely N-dealkylation sites (tertiary alicyclic amines) is 1. The van der Waals surface area contributed by atoms with Gasteiger partial charge in [0.1, 0.15) is 6.33 Å². The molecule has 126 valence electrons. The lowest BCUT2D eigenvalue weighted by molar-refractivity contribution is -0.130. The molecule has 1 unspecified atom stereocenters. The number of alkyl halides is 1. The number of nitriles is 2. The van der Waals surface area contributed by atoms with E-state index in [9.17, 15) is 9.18 Å². The first-order valence-corrected chi connectivity index (χ1v) is 7.74. The van der Waals surface area contributed by atoms with Crippen molar-refractivity contribution >= 4 is 11.7 Å². The Morgan fingerprint density at radius 1 is 1.40 bits per heavy atom. The first-order valence-electron chi connectivity index (χ1n) is 7.74. The van der Waals surface area contributed by atoms with Crippen LogP contribution in [0.2, 0.25) is 0 Å². The molecular formula is C17H15FN6O. The number of amides is 1. The molecule has 1 fully saturated rings. The van der Waals surface area contributed by atoms with E-state index in [0.29, 0.717) is 24.2 Å². The van der Waals surface area contributed by atoms with Crippen LogP contribution in [0, 0.1) is 22.8 Å². The van der Waals surface area contributed by atoms with Crippen LogP contribution in [0.4, 0.5) is 10.2 Å². The number of anilines is 1. The molecular weight excluding hydrogens is 323 g/mol. The van der Waals surface area contributed by atoms with E-state index in [1.807, 2.05) is 12.3 Å². The third kappa shape index (κ3) is 3.43. The highest BCUT2D eigenvalue weighted by molar-refractivity contribution is 5.96. The van der Waals surface area contributed by atoms with Crippen molar-refractivity contribution in [3.8, 4) is 17.9 Å². The monoisotopic (exact) mass is 338 g/mol. The van der Waals surface area contributed by atoms with Crippen LogP contribution in [0.25, 0.3) is 5.69 Å². The second-order valence-corrected chi connectivity index (χ2v) is 5.87. The number of benzene rings is 1. The summed E-state index contributed by atoms with van der Waals surface area (Å²) in [5.74, 6) is -0.595. The fraction of sp³-hybridized carbons (Fsp3) is 0.294. The van der Waals surface area contributed by atoms with E-state index >= 15 is 0 Å². The number of carbonyl (C=O) groups is 1. The van der Waals surface area contributed by atoms with Crippen molar-refractivity contribution in [1.29, 1.82) is 10.5 Å². The van der Waals surface area contributed by atoms with Gasteiger partial charge in [0.15, 0.2) is 12.0 Å². The van der Waals surface area contributed by atoms with Crippen molar-refractivity contribution in [3.05, 3.63) is 42.4 Å². The largest absolute Gasteiger partial charge is 0.307 e. The van der Waals surface area contributed by atoms with Gasteiger partial charge < -0.3 is 14.8 Å². The predicted molar refractivity (Wildman–Crippen MR) is 87.2 cm³/mol. The molecule has 0 spiro atoms. The number of piperidine rings is 1. The maximum absolute atomic E-state index is 14.8. The maximum atomic E-state index is 14.8. The average Bonchev–Trinajstić information content (AvgIpc) is 3.10. The Balaban J connectivity index is 1.74. The van der Waals surface area contributed by atoms with Crippen LogP contribution in [-0.2, 0) is 4.79 Å². The SMILES string of the molecule is N#Cc1cccc(-n2cnc(NC(=O)C3(F)CCCN(C#N)C3)c2)c1. The normalized spacial score (nSPS) is 19.7. The number of nitrogens with zero attached hydrogens (tertiary/aromatic N) is 5. The minimum absolute atomic E-state index is 0.0714. The van der Waals surface area contributed by atoms with E-state index in [1.165, 1.54) is 11.2 Å². The number of nitrogens with one attached hydrogen (secondary N) is 1. The Kier molecular flexibility index (Phi) is 4.36. The highest BCUT2D eigenvalue weighted by Crippen LogP contribution is 2.26. The molecule has 25 heavy (non-hydrogen) atoms. The summed E-state index contributed by atoms with van der Waals surface area (Å²) in [7, 11) is 0. The van der Waals surface area contributed by atoms with Gasteiger partial charge in [-0.3, -0.25) is 4.79 Å². The number of aromatic nitrogens is 2. The summed E-state index contributed by atoms with van der Waals surface area (Å²) in [6.07, 6.45) is 5.41. The third-order valence-corrected chi connectivity index (χ3v) is 4.09. The van der Waals surface area contributed by atoms with Crippen LogP contribution in [0.3, 0.4) is 0 Å². The Morgan fingerprint density at radius 3 is 3.00 bits per heavy atom. The van der Waals surface area contributed by atoms with Crippen LogP contribution >= 0.6 is 0 Å². The maximum Gasteiger partial charge on any atom is 0.265 e. The van der Waals surface area contributed by atoms with Gasteiger partial charge in [-0.2, -0.15) is 10.5 Å². The summed E-state index contributed by atoms with van der Waals surface area (Å²) in [5, 5.41) is 20.3. The number of imidazole rings is 1. The molecule has 1 aromatic heterocycles. The highest BCUT2D eigenvalue weighted by atomic mass is 19.1. The minimum Gasteiger partial charge on any atom is -0.307 e. The number of halogens is 1. The molecule has 7 nitrogen and oxygen atoms in total. The van der Waals surface area contributed by atoms with E-state index in [0.717, 1.165) is 0 Å². The molecule has 2 heterocycles. The van der Waals surface area contributed by atoms with Crippen LogP contribution in [-0.4, -0.2) is 39.1 Å². The molecule has 1 atom stereocenters. The second kappa shape index (κ2) is 6.62. The molecule has 1 amide bonds. The summed E-state index contributed by atoms with van der Waals surface area (Å²) in [6.45, 7) is 0.208. The van der Waals surface area contributed by atoms with Gasteiger partial charge in [-0.1, -0.05) is 6.07 Å². The van der Waals surface area contributed by atoms with Crippen molar-refractivity contribution in [2.75, 3.05) is 18.4 Å². The molecule has 3 rings (SSSR count). The lowest BCUT2D eigenvalue weighted by Crippen LogP contribution is -2.51. The second-order valence-electron chi connectivity index (χ2n) is 5.87. The Labute approximate surface area is 143 Å². The Hall–Kier alpha value is -3.39. The molecule has 8 heteroatoms. The predicted octanol–water partition coefficient (Wildman–Crippen LogP) is 1.97. The molecule has 1 aromatic carbocycles. The van der Waals surface area contributed by atoms with Crippen molar-refractivity contribution in [2.24, 2.45) is 0 Å². The standard InChI is InChI=1S/C17H15FN6O/c18-17(5-2-6-23(10-17)11-20)16(25)22-15-9-24(12-21-15)14-4-1-3-13(7-14)8-19/h1,3-4,7,9,12H,2,5-6,10H2,(H,22,25). The van der Waals surface area contributed by atoms with Crippen molar-refractivity contribution in [3.63, 3.8) is 0 Å². The number of hydrogen-bond donors (Lipinski definition) is 1. The fourth-order valence-corrected chi connectivity index (χ4v) is 2.77. The van der Waals surface area contributed by atoms with Gasteiger partial charge >= 0.3 is 0 Å². The zero-order valence-corrected chi connectivity index (χ0v) is 13.3. The Bertz CT molecular complexity index is 880. The zero-order chi connectivity index (χ0) is 17.9. The summed E-state index contributed by atoms with van der Waals surface area (Å²) >= 11 is 0. The first-order chi connectivity index (χ1) is 12.0. The number of hydrogen-bond acceptors (Lipinski definition) is 5. The number of carbonyl (C=O) groups excluding carboxylic acids is 1. The summed E-state index contributed by atoms with van der Waals surface area (Å²) in [6, 6.07) is 8.93. The van der Waals surface area contributed by atoms with Crippen LogP contribution < -0.4 is 5.32 Å². The summed E-state index contributed by atoms with van der Waals surface area (Å²) in [5.41, 5.74) is -0.910. The molecule has 0 radical (unpaired) electrons. The molecule has 1 aliphatic heterocycles. The molecule has 0 aliphatic carbocycles. The van der Waals surface area contributed by atoms with Crippen molar-refractivity contribution in [1.82, 2.24) is 14.5 Å². The molecule has 1 aliphatic rings. The summed E-state index contributed by atoms with van der Waals surface area (Å²) in [4.78, 5) is 17.6. The lowest BCUT2D eigenvalue weighted by Gasteiger charge is -2.32. The van der Waals surface area contributed by atoms with E-state index in [4.69, 9.17) is 10.5 Å². The van der Waals surface area contributed by atoms with E-state index in [-0.39, 0.29) is 18.8 Å². The van der Waals surface area contributed by atoms with Crippen molar-refractivity contribution in [2.45, 2.75) is 18.5 Å². The molecule has 0 bridgehead atoms. The van der Waals surface area contributed by atoms with Gasteiger partial charge in [0.2, 0.25) is 5.67 Å². The smallest absolute Gasteiger partial charge is 0.265 e. The van der Waals surface area contributed by atoms with E-state index < -0.39 is 11.6 Å². The van der Waals surface area contributed by atoms with Crippen LogP contribution in [0.15, 0.2) is 36.8 Å². The van der Waals surface area contributed by atoms with E-state index in [1.54, 1.807) is 35.0 Å². The third-order valence-electron chi connectivity index (χ3n) is 4.09. The van der Waals surface area contributed by atoms with Gasteiger partial charge in [-0.25, -0.2) is 9.37 Å². The van der Waals surface area contributed by atoms with Gasteiger partial charge in [0.05, 0.1) is 24.4 Å². The van der Waals surface area contributed by atoms with Crippen LogP contribution in [0.5, 0.6) is 0 Å². The van der Waals surface area contributed by atoms with Gasteiger partial charge in [-0.05, 0) is 31.0 Å². The van der Waals surface area contributed by atoms with Gasteiger partial charge in [0, 0.05) is 12.2 Å². The molecule has 1 saturated heterocycles. The zero-order valence-electron chi connectivity index (χ0n) is 13.3. The fourth-order valence-electron chi connectivity index (χ4n) is 2.77. The van der Waals surface area contributed by atoms with Gasteiger partial charge in [0.25, 0.3) is 5.91 Å². The Morgan fingerprint density at radius 2 is 2.24 bits per heavy atom. The minimum atomic E-state index is -2.11. The lowest BCUT2D eigenvalue weighted by atomic mass is 9.94.